The second-order valence-electron chi connectivity index (χ2n) is 6.78. The molecule has 1 N–H and O–H groups in total. The summed E-state index contributed by atoms with van der Waals surface area (Å²) in [6.45, 7) is 6.27. The third kappa shape index (κ3) is 5.26. The van der Waals surface area contributed by atoms with E-state index >= 15 is 0 Å². The number of hydrazone groups is 1. The Hall–Kier alpha value is -2.46. The second kappa shape index (κ2) is 8.58. The molecule has 0 radical (unpaired) electrons. The fourth-order valence-corrected chi connectivity index (χ4v) is 2.90. The Labute approximate surface area is 149 Å². The zero-order valence-electron chi connectivity index (χ0n) is 15.3. The average molecular weight is 338 g/mol. The van der Waals surface area contributed by atoms with Crippen molar-refractivity contribution in [2.75, 3.05) is 7.11 Å². The Morgan fingerprint density at radius 1 is 1.08 bits per heavy atom. The third-order valence-corrected chi connectivity index (χ3v) is 4.19. The Kier molecular flexibility index (Phi) is 6.48. The lowest BCUT2D eigenvalue weighted by molar-refractivity contribution is -0.131. The highest BCUT2D eigenvalue weighted by atomic mass is 16.5. The first-order valence-electron chi connectivity index (χ1n) is 8.40. The van der Waals surface area contributed by atoms with Gasteiger partial charge in [0.1, 0.15) is 0 Å². The van der Waals surface area contributed by atoms with Gasteiger partial charge in [-0.3, -0.25) is 4.79 Å². The summed E-state index contributed by atoms with van der Waals surface area (Å²) in [6, 6.07) is 19.7. The lowest BCUT2D eigenvalue weighted by Crippen LogP contribution is -2.28. The molecule has 0 aliphatic heterocycles. The van der Waals surface area contributed by atoms with Crippen LogP contribution in [0.2, 0.25) is 0 Å². The molecule has 0 aliphatic rings. The monoisotopic (exact) mass is 338 g/mol. The van der Waals surface area contributed by atoms with Gasteiger partial charge in [0.05, 0.1) is 0 Å². The van der Waals surface area contributed by atoms with Crippen LogP contribution in [0.1, 0.15) is 44.4 Å². The van der Waals surface area contributed by atoms with Crippen LogP contribution in [0.5, 0.6) is 0 Å². The van der Waals surface area contributed by atoms with Crippen LogP contribution in [-0.2, 0) is 14.9 Å². The highest BCUT2D eigenvalue weighted by Gasteiger charge is 2.22. The van der Waals surface area contributed by atoms with Crippen LogP contribution in [-0.4, -0.2) is 18.7 Å². The number of carbonyl (C=O) groups excluding carboxylic acids is 1. The Morgan fingerprint density at radius 3 is 2.20 bits per heavy atom. The van der Waals surface area contributed by atoms with Gasteiger partial charge in [-0.05, 0) is 29.9 Å². The van der Waals surface area contributed by atoms with Gasteiger partial charge in [0.15, 0.2) is 6.10 Å². The molecule has 4 heteroatoms. The van der Waals surface area contributed by atoms with Crippen molar-refractivity contribution < 1.29 is 9.53 Å². The number of methoxy groups -OCH3 is 1. The van der Waals surface area contributed by atoms with E-state index in [0.29, 0.717) is 0 Å². The predicted octanol–water partition coefficient (Wildman–Crippen LogP) is 4.23. The second-order valence-corrected chi connectivity index (χ2v) is 6.78. The first-order valence-corrected chi connectivity index (χ1v) is 8.40. The number of benzene rings is 2. The molecular weight excluding hydrogens is 312 g/mol. The van der Waals surface area contributed by atoms with Crippen LogP contribution in [0, 0.1) is 0 Å². The van der Waals surface area contributed by atoms with Gasteiger partial charge < -0.3 is 4.74 Å². The smallest absolute Gasteiger partial charge is 0.273 e. The van der Waals surface area contributed by atoms with Gasteiger partial charge in [-0.2, -0.15) is 5.10 Å². The standard InChI is InChI=1S/C21H26N2O2/c1-16(15-21(2,3)18-13-9-6-10-14-18)22-23-20(24)19(25-4)17-11-7-5-8-12-17/h5-14,19H,15H2,1-4H3,(H,23,24)/b22-16-/t19-/m0/s1. The lowest BCUT2D eigenvalue weighted by atomic mass is 9.80. The average Bonchev–Trinajstić information content (AvgIpc) is 2.62. The fraction of sp³-hybridized carbons (Fsp3) is 0.333. The number of hydrogen-bond donors (Lipinski definition) is 1. The van der Waals surface area contributed by atoms with Crippen molar-refractivity contribution in [2.45, 2.75) is 38.7 Å². The quantitative estimate of drug-likeness (QED) is 0.606. The Morgan fingerprint density at radius 2 is 1.64 bits per heavy atom. The molecule has 0 spiro atoms. The molecule has 1 atom stereocenters. The van der Waals surface area contributed by atoms with Crippen molar-refractivity contribution in [1.29, 1.82) is 0 Å². The van der Waals surface area contributed by atoms with Gasteiger partial charge in [-0.15, -0.1) is 0 Å². The Bertz CT molecular complexity index is 709. The topological polar surface area (TPSA) is 50.7 Å². The molecular formula is C21H26N2O2. The molecule has 0 aliphatic carbocycles. The minimum Gasteiger partial charge on any atom is -0.367 e. The molecule has 2 aromatic carbocycles. The van der Waals surface area contributed by atoms with Gasteiger partial charge in [0.25, 0.3) is 5.91 Å². The van der Waals surface area contributed by atoms with E-state index in [1.807, 2.05) is 55.5 Å². The molecule has 4 nitrogen and oxygen atoms in total. The lowest BCUT2D eigenvalue weighted by Gasteiger charge is -2.25. The maximum Gasteiger partial charge on any atom is 0.273 e. The van der Waals surface area contributed by atoms with E-state index < -0.39 is 6.10 Å². The third-order valence-electron chi connectivity index (χ3n) is 4.19. The van der Waals surface area contributed by atoms with E-state index in [2.05, 4.69) is 36.5 Å². The SMILES string of the molecule is CO[C@H](C(=O)N/N=C(/C)CC(C)(C)c1ccccc1)c1ccccc1. The first kappa shape index (κ1) is 18.9. The summed E-state index contributed by atoms with van der Waals surface area (Å²) < 4.78 is 5.32. The van der Waals surface area contributed by atoms with Crippen LogP contribution in [0.25, 0.3) is 0 Å². The van der Waals surface area contributed by atoms with Crippen molar-refractivity contribution in [3.8, 4) is 0 Å². The number of ether oxygens (including phenoxy) is 1. The zero-order valence-corrected chi connectivity index (χ0v) is 15.3. The van der Waals surface area contributed by atoms with E-state index in [-0.39, 0.29) is 11.3 Å². The summed E-state index contributed by atoms with van der Waals surface area (Å²) in [7, 11) is 1.52. The highest BCUT2D eigenvalue weighted by Crippen LogP contribution is 2.27. The summed E-state index contributed by atoms with van der Waals surface area (Å²) >= 11 is 0. The van der Waals surface area contributed by atoms with Gasteiger partial charge in [0, 0.05) is 12.8 Å². The van der Waals surface area contributed by atoms with Crippen molar-refractivity contribution in [1.82, 2.24) is 5.43 Å². The van der Waals surface area contributed by atoms with Gasteiger partial charge in [-0.1, -0.05) is 74.5 Å². The van der Waals surface area contributed by atoms with Crippen molar-refractivity contribution in [3.63, 3.8) is 0 Å². The van der Waals surface area contributed by atoms with E-state index in [9.17, 15) is 4.79 Å². The molecule has 2 rings (SSSR count). The number of nitrogens with zero attached hydrogens (tertiary/aromatic N) is 1. The number of amides is 1. The van der Waals surface area contributed by atoms with Crippen LogP contribution < -0.4 is 5.43 Å². The van der Waals surface area contributed by atoms with E-state index in [0.717, 1.165) is 17.7 Å². The van der Waals surface area contributed by atoms with E-state index in [1.54, 1.807) is 0 Å². The Balaban J connectivity index is 2.01. The highest BCUT2D eigenvalue weighted by molar-refractivity contribution is 5.87. The zero-order chi connectivity index (χ0) is 18.3. The van der Waals surface area contributed by atoms with Gasteiger partial charge >= 0.3 is 0 Å². The predicted molar refractivity (Wildman–Crippen MR) is 102 cm³/mol. The van der Waals surface area contributed by atoms with Crippen LogP contribution in [0.15, 0.2) is 65.8 Å². The summed E-state index contributed by atoms with van der Waals surface area (Å²) in [5, 5.41) is 4.27. The molecule has 132 valence electrons. The van der Waals surface area contributed by atoms with Crippen LogP contribution >= 0.6 is 0 Å². The molecule has 25 heavy (non-hydrogen) atoms. The number of rotatable bonds is 7. The number of hydrogen-bond acceptors (Lipinski definition) is 3. The molecule has 0 aromatic heterocycles. The van der Waals surface area contributed by atoms with E-state index in [4.69, 9.17) is 4.74 Å². The van der Waals surface area contributed by atoms with Gasteiger partial charge in [0.2, 0.25) is 0 Å². The number of nitrogens with one attached hydrogen (secondary N) is 1. The summed E-state index contributed by atoms with van der Waals surface area (Å²) in [6.07, 6.45) is 0.0835. The number of carbonyl (C=O) groups is 1. The van der Waals surface area contributed by atoms with Crippen molar-refractivity contribution in [3.05, 3.63) is 71.8 Å². The largest absolute Gasteiger partial charge is 0.367 e. The van der Waals surface area contributed by atoms with Crippen LogP contribution in [0.3, 0.4) is 0 Å². The maximum absolute atomic E-state index is 12.4. The van der Waals surface area contributed by atoms with Crippen LogP contribution in [0.4, 0.5) is 0 Å². The maximum atomic E-state index is 12.4. The van der Waals surface area contributed by atoms with Crippen molar-refractivity contribution >= 4 is 11.6 Å². The molecule has 0 heterocycles. The minimum absolute atomic E-state index is 0.0559. The molecule has 0 fully saturated rings. The fourth-order valence-electron chi connectivity index (χ4n) is 2.90. The summed E-state index contributed by atoms with van der Waals surface area (Å²) in [5.41, 5.74) is 5.49. The normalized spacial score (nSPS) is 13.4. The molecule has 2 aromatic rings. The molecule has 0 unspecified atom stereocenters. The van der Waals surface area contributed by atoms with Crippen molar-refractivity contribution in [2.24, 2.45) is 5.10 Å². The molecule has 0 saturated carbocycles. The molecule has 1 amide bonds. The summed E-state index contributed by atoms with van der Waals surface area (Å²) in [4.78, 5) is 12.4. The summed E-state index contributed by atoms with van der Waals surface area (Å²) in [5.74, 6) is -0.273. The molecule has 0 bridgehead atoms. The first-order chi connectivity index (χ1) is 11.9. The molecule has 0 saturated heterocycles. The van der Waals surface area contributed by atoms with E-state index in [1.165, 1.54) is 12.7 Å². The minimum atomic E-state index is -0.667. The van der Waals surface area contributed by atoms with Gasteiger partial charge in [-0.25, -0.2) is 5.43 Å².